The Balaban J connectivity index is 1.49. The van der Waals surface area contributed by atoms with Gasteiger partial charge in [0.2, 0.25) is 0 Å². The molecule has 5 nitrogen and oxygen atoms in total. The molecule has 0 spiro atoms. The monoisotopic (exact) mass is 351 g/mol. The van der Waals surface area contributed by atoms with Gasteiger partial charge in [-0.1, -0.05) is 12.1 Å². The van der Waals surface area contributed by atoms with E-state index in [4.69, 9.17) is 9.47 Å². The summed E-state index contributed by atoms with van der Waals surface area (Å²) in [6.07, 6.45) is 4.00. The second-order valence-electron chi connectivity index (χ2n) is 6.29. The van der Waals surface area contributed by atoms with Crippen LogP contribution < -0.4 is 10.6 Å². The van der Waals surface area contributed by atoms with E-state index >= 15 is 0 Å². The summed E-state index contributed by atoms with van der Waals surface area (Å²) < 4.78 is 24.0. The third-order valence-electron chi connectivity index (χ3n) is 4.30. The maximum atomic E-state index is 12.9. The van der Waals surface area contributed by atoms with E-state index in [1.165, 1.54) is 12.1 Å². The van der Waals surface area contributed by atoms with E-state index in [9.17, 15) is 4.39 Å². The number of halogens is 1. The van der Waals surface area contributed by atoms with Crippen molar-refractivity contribution < 1.29 is 13.9 Å². The summed E-state index contributed by atoms with van der Waals surface area (Å²) >= 11 is 0. The largest absolute Gasteiger partial charge is 0.381 e. The summed E-state index contributed by atoms with van der Waals surface area (Å²) in [6, 6.07) is 6.59. The number of rotatable bonds is 9. The summed E-state index contributed by atoms with van der Waals surface area (Å²) in [4.78, 5) is 4.20. The van der Waals surface area contributed by atoms with E-state index in [1.54, 1.807) is 7.05 Å². The Hall–Kier alpha value is -1.66. The molecule has 6 heteroatoms. The van der Waals surface area contributed by atoms with Gasteiger partial charge >= 0.3 is 0 Å². The van der Waals surface area contributed by atoms with Gasteiger partial charge in [0.1, 0.15) is 5.82 Å². The highest BCUT2D eigenvalue weighted by molar-refractivity contribution is 5.79. The zero-order chi connectivity index (χ0) is 17.7. The zero-order valence-electron chi connectivity index (χ0n) is 15.1. The molecule has 1 fully saturated rings. The van der Waals surface area contributed by atoms with Gasteiger partial charge in [0.25, 0.3) is 0 Å². The molecule has 0 aliphatic carbocycles. The predicted molar refractivity (Wildman–Crippen MR) is 98.4 cm³/mol. The third kappa shape index (κ3) is 8.31. The molecule has 140 valence electrons. The van der Waals surface area contributed by atoms with Crippen molar-refractivity contribution in [3.8, 4) is 0 Å². The van der Waals surface area contributed by atoms with Crippen molar-refractivity contribution in [3.05, 3.63) is 35.6 Å². The minimum atomic E-state index is -0.201. The van der Waals surface area contributed by atoms with Gasteiger partial charge in [-0.25, -0.2) is 4.39 Å². The van der Waals surface area contributed by atoms with E-state index in [2.05, 4.69) is 15.6 Å². The molecule has 1 aliphatic heterocycles. The fraction of sp³-hybridized carbons (Fsp3) is 0.632. The number of nitrogens with zero attached hydrogens (tertiary/aromatic N) is 1. The molecule has 0 aromatic heterocycles. The summed E-state index contributed by atoms with van der Waals surface area (Å²) in [6.45, 7) is 4.92. The molecule has 1 saturated heterocycles. The number of hydrogen-bond donors (Lipinski definition) is 2. The Kier molecular flexibility index (Phi) is 9.29. The quantitative estimate of drug-likeness (QED) is 0.407. The van der Waals surface area contributed by atoms with Gasteiger partial charge in [0.15, 0.2) is 5.96 Å². The van der Waals surface area contributed by atoms with Crippen molar-refractivity contribution in [3.63, 3.8) is 0 Å². The number of hydrogen-bond acceptors (Lipinski definition) is 3. The van der Waals surface area contributed by atoms with Gasteiger partial charge < -0.3 is 20.1 Å². The molecule has 0 amide bonds. The Morgan fingerprint density at radius 2 is 1.92 bits per heavy atom. The van der Waals surface area contributed by atoms with Gasteiger partial charge in [-0.05, 0) is 49.3 Å². The average molecular weight is 351 g/mol. The highest BCUT2D eigenvalue weighted by atomic mass is 19.1. The van der Waals surface area contributed by atoms with Crippen LogP contribution in [0.3, 0.4) is 0 Å². The molecule has 0 bridgehead atoms. The van der Waals surface area contributed by atoms with Gasteiger partial charge in [-0.15, -0.1) is 0 Å². The summed E-state index contributed by atoms with van der Waals surface area (Å²) in [7, 11) is 1.76. The smallest absolute Gasteiger partial charge is 0.190 e. The molecule has 0 unspecified atom stereocenters. The molecule has 1 aromatic carbocycles. The number of ether oxygens (including phenoxy) is 2. The van der Waals surface area contributed by atoms with E-state index in [1.807, 2.05) is 12.1 Å². The molecule has 2 N–H and O–H groups in total. The van der Waals surface area contributed by atoms with Crippen LogP contribution in [0, 0.1) is 11.7 Å². The lowest BCUT2D eigenvalue weighted by Crippen LogP contribution is -2.39. The Morgan fingerprint density at radius 1 is 1.20 bits per heavy atom. The average Bonchev–Trinajstić information content (AvgIpc) is 2.65. The van der Waals surface area contributed by atoms with Gasteiger partial charge in [0, 0.05) is 46.6 Å². The van der Waals surface area contributed by atoms with E-state index in [-0.39, 0.29) is 5.82 Å². The van der Waals surface area contributed by atoms with Crippen molar-refractivity contribution in [2.75, 3.05) is 46.6 Å². The molecular formula is C19H30FN3O2. The SMILES string of the molecule is CN=C(NCCCOCC1CCOCC1)NCCc1ccc(F)cc1. The second kappa shape index (κ2) is 11.8. The molecule has 1 aromatic rings. The second-order valence-corrected chi connectivity index (χ2v) is 6.29. The molecule has 25 heavy (non-hydrogen) atoms. The molecule has 1 heterocycles. The van der Waals surface area contributed by atoms with Crippen LogP contribution in [0.1, 0.15) is 24.8 Å². The Bertz CT molecular complexity index is 502. The number of benzene rings is 1. The number of nitrogens with one attached hydrogen (secondary N) is 2. The maximum absolute atomic E-state index is 12.9. The standard InChI is InChI=1S/C19H30FN3O2/c1-21-19(23-11-7-16-3-5-18(20)6-4-16)22-10-2-12-25-15-17-8-13-24-14-9-17/h3-6,17H,2,7-15H2,1H3,(H2,21,22,23). The molecule has 1 aliphatic rings. The lowest BCUT2D eigenvalue weighted by atomic mass is 10.0. The van der Waals surface area contributed by atoms with Crippen LogP contribution in [0.25, 0.3) is 0 Å². The molecule has 2 rings (SSSR count). The van der Waals surface area contributed by atoms with Crippen LogP contribution in [0.2, 0.25) is 0 Å². The highest BCUT2D eigenvalue weighted by Gasteiger charge is 2.13. The fourth-order valence-electron chi connectivity index (χ4n) is 2.74. The van der Waals surface area contributed by atoms with E-state index < -0.39 is 0 Å². The fourth-order valence-corrected chi connectivity index (χ4v) is 2.74. The van der Waals surface area contributed by atoms with Gasteiger partial charge in [0.05, 0.1) is 0 Å². The van der Waals surface area contributed by atoms with Gasteiger partial charge in [-0.2, -0.15) is 0 Å². The number of guanidine groups is 1. The Morgan fingerprint density at radius 3 is 2.64 bits per heavy atom. The first-order chi connectivity index (χ1) is 12.3. The van der Waals surface area contributed by atoms with Gasteiger partial charge in [-0.3, -0.25) is 4.99 Å². The van der Waals surface area contributed by atoms with Crippen molar-refractivity contribution >= 4 is 5.96 Å². The summed E-state index contributed by atoms with van der Waals surface area (Å²) in [5.74, 6) is 1.24. The van der Waals surface area contributed by atoms with Crippen molar-refractivity contribution in [2.24, 2.45) is 10.9 Å². The molecule has 0 atom stereocenters. The molecular weight excluding hydrogens is 321 g/mol. The van der Waals surface area contributed by atoms with Crippen molar-refractivity contribution in [1.29, 1.82) is 0 Å². The lowest BCUT2D eigenvalue weighted by Gasteiger charge is -2.21. The first-order valence-corrected chi connectivity index (χ1v) is 9.12. The van der Waals surface area contributed by atoms with Crippen molar-refractivity contribution in [2.45, 2.75) is 25.7 Å². The summed E-state index contributed by atoms with van der Waals surface area (Å²) in [5, 5.41) is 6.55. The van der Waals surface area contributed by atoms with Crippen molar-refractivity contribution in [1.82, 2.24) is 10.6 Å². The van der Waals surface area contributed by atoms with Crippen LogP contribution in [0.15, 0.2) is 29.3 Å². The normalized spacial score (nSPS) is 16.0. The third-order valence-corrected chi connectivity index (χ3v) is 4.30. The topological polar surface area (TPSA) is 54.9 Å². The predicted octanol–water partition coefficient (Wildman–Crippen LogP) is 2.37. The van der Waals surface area contributed by atoms with Crippen LogP contribution in [-0.2, 0) is 15.9 Å². The van der Waals surface area contributed by atoms with Crippen LogP contribution in [-0.4, -0.2) is 52.5 Å². The van der Waals surface area contributed by atoms with Crippen LogP contribution >= 0.6 is 0 Å². The zero-order valence-corrected chi connectivity index (χ0v) is 15.1. The first kappa shape index (κ1) is 19.7. The summed E-state index contributed by atoms with van der Waals surface area (Å²) in [5.41, 5.74) is 1.10. The Labute approximate surface area is 150 Å². The highest BCUT2D eigenvalue weighted by Crippen LogP contribution is 2.14. The number of aliphatic imine (C=N–C) groups is 1. The molecule has 0 saturated carbocycles. The minimum absolute atomic E-state index is 0.201. The lowest BCUT2D eigenvalue weighted by molar-refractivity contribution is 0.0203. The molecule has 0 radical (unpaired) electrons. The van der Waals surface area contributed by atoms with Crippen LogP contribution in [0.5, 0.6) is 0 Å². The van der Waals surface area contributed by atoms with E-state index in [0.29, 0.717) is 5.92 Å². The van der Waals surface area contributed by atoms with Crippen LogP contribution in [0.4, 0.5) is 4.39 Å². The first-order valence-electron chi connectivity index (χ1n) is 9.12. The maximum Gasteiger partial charge on any atom is 0.190 e. The minimum Gasteiger partial charge on any atom is -0.381 e. The van der Waals surface area contributed by atoms with E-state index in [0.717, 1.165) is 76.7 Å².